The second-order valence-corrected chi connectivity index (χ2v) is 21.3. The Morgan fingerprint density at radius 1 is 0.421 bits per heavy atom. The van der Waals surface area contributed by atoms with Crippen LogP contribution in [0.4, 0.5) is 14.4 Å². The van der Waals surface area contributed by atoms with E-state index in [1.807, 2.05) is 77.0 Å². The maximum Gasteiger partial charge on any atom is 0.410 e. The lowest BCUT2D eigenvalue weighted by Crippen LogP contribution is -2.41. The summed E-state index contributed by atoms with van der Waals surface area (Å²) in [4.78, 5) is 41.3. The van der Waals surface area contributed by atoms with Gasteiger partial charge in [-0.05, 0) is 193 Å². The van der Waals surface area contributed by atoms with Crippen LogP contribution in [0.3, 0.4) is 0 Å². The van der Waals surface area contributed by atoms with Crippen molar-refractivity contribution in [2.24, 2.45) is 53.3 Å². The first-order valence-corrected chi connectivity index (χ1v) is 22.4. The summed E-state index contributed by atoms with van der Waals surface area (Å²) in [7, 11) is 0. The zero-order valence-corrected chi connectivity index (χ0v) is 37.2. The van der Waals surface area contributed by atoms with Gasteiger partial charge in [-0.3, -0.25) is 0 Å². The fourth-order valence-electron chi connectivity index (χ4n) is 8.79. The van der Waals surface area contributed by atoms with E-state index in [2.05, 4.69) is 0 Å². The first-order chi connectivity index (χ1) is 26.7. The molecule has 0 aromatic heterocycles. The summed E-state index contributed by atoms with van der Waals surface area (Å²) in [5.41, 5.74) is -1.22. The second-order valence-electron chi connectivity index (χ2n) is 21.3. The Bertz CT molecular complexity index is 1100. The van der Waals surface area contributed by atoms with E-state index in [0.29, 0.717) is 37.6 Å². The maximum atomic E-state index is 11.9. The Morgan fingerprint density at radius 3 is 0.789 bits per heavy atom. The van der Waals surface area contributed by atoms with Crippen LogP contribution in [0.2, 0.25) is 0 Å². The van der Waals surface area contributed by atoms with Crippen LogP contribution in [-0.2, 0) is 14.2 Å². The Kier molecular flexibility index (Phi) is 17.3. The molecule has 0 bridgehead atoms. The van der Waals surface area contributed by atoms with Crippen molar-refractivity contribution in [3.05, 3.63) is 0 Å². The quantitative estimate of drug-likeness (QED) is 0.197. The van der Waals surface area contributed by atoms with E-state index in [4.69, 9.17) is 29.5 Å². The molecular weight excluding hydrogens is 727 g/mol. The van der Waals surface area contributed by atoms with E-state index < -0.39 is 16.8 Å². The molecule has 12 heteroatoms. The molecule has 6 rings (SSSR count). The molecule has 3 aliphatic carbocycles. The first kappa shape index (κ1) is 47.4. The van der Waals surface area contributed by atoms with Crippen molar-refractivity contribution in [2.45, 2.75) is 156 Å². The van der Waals surface area contributed by atoms with Crippen molar-refractivity contribution in [2.75, 3.05) is 59.1 Å². The van der Waals surface area contributed by atoms with Crippen LogP contribution in [0.5, 0.6) is 0 Å². The van der Waals surface area contributed by atoms with Crippen molar-refractivity contribution in [3.63, 3.8) is 0 Å². The number of carbonyl (C=O) groups excluding carboxylic acids is 3. The van der Waals surface area contributed by atoms with Gasteiger partial charge < -0.3 is 44.2 Å². The minimum absolute atomic E-state index is 0.175. The van der Waals surface area contributed by atoms with Crippen LogP contribution in [0, 0.1) is 53.3 Å². The smallest absolute Gasteiger partial charge is 0.410 e. The number of hydrogen-bond acceptors (Lipinski definition) is 9. The molecule has 0 radical (unpaired) electrons. The monoisotopic (exact) mass is 808 g/mol. The summed E-state index contributed by atoms with van der Waals surface area (Å²) in [5.74, 6) is 6.06. The lowest BCUT2D eigenvalue weighted by molar-refractivity contribution is 0.0168. The molecule has 3 N–H and O–H groups in total. The van der Waals surface area contributed by atoms with E-state index in [-0.39, 0.29) is 18.3 Å². The van der Waals surface area contributed by atoms with Crippen molar-refractivity contribution in [1.29, 1.82) is 0 Å². The van der Waals surface area contributed by atoms with Gasteiger partial charge in [0.1, 0.15) is 16.8 Å². The van der Waals surface area contributed by atoms with Gasteiger partial charge in [-0.1, -0.05) is 0 Å². The normalized spacial score (nSPS) is 28.3. The van der Waals surface area contributed by atoms with Crippen LogP contribution in [0.25, 0.3) is 0 Å². The molecule has 330 valence electrons. The molecular formula is C45H81N3O9. The fourth-order valence-corrected chi connectivity index (χ4v) is 8.79. The van der Waals surface area contributed by atoms with Crippen LogP contribution in [0.1, 0.15) is 139 Å². The number of aliphatic hydroxyl groups excluding tert-OH is 3. The van der Waals surface area contributed by atoms with Gasteiger partial charge in [-0.2, -0.15) is 0 Å². The minimum atomic E-state index is -0.406. The second kappa shape index (κ2) is 20.8. The van der Waals surface area contributed by atoms with Crippen LogP contribution in [-0.4, -0.2) is 124 Å². The van der Waals surface area contributed by atoms with Crippen molar-refractivity contribution >= 4 is 18.3 Å². The van der Waals surface area contributed by atoms with Crippen molar-refractivity contribution in [1.82, 2.24) is 14.7 Å². The number of nitrogens with zero attached hydrogens (tertiary/aromatic N) is 3. The van der Waals surface area contributed by atoms with Crippen molar-refractivity contribution in [3.8, 4) is 0 Å². The number of ether oxygens (including phenoxy) is 3. The average molecular weight is 808 g/mol. The Labute approximate surface area is 344 Å². The third kappa shape index (κ3) is 17.4. The highest BCUT2D eigenvalue weighted by Crippen LogP contribution is 2.46. The third-order valence-corrected chi connectivity index (χ3v) is 12.6. The van der Waals surface area contributed by atoms with E-state index in [1.165, 1.54) is 38.5 Å². The molecule has 0 spiro atoms. The summed E-state index contributed by atoms with van der Waals surface area (Å²) in [5, 5.41) is 27.2. The van der Waals surface area contributed by atoms with Crippen LogP contribution < -0.4 is 0 Å². The largest absolute Gasteiger partial charge is 0.444 e. The predicted molar refractivity (Wildman–Crippen MR) is 221 cm³/mol. The summed E-state index contributed by atoms with van der Waals surface area (Å²) in [6.45, 7) is 23.1. The highest BCUT2D eigenvalue weighted by atomic mass is 16.6. The van der Waals surface area contributed by atoms with Crippen LogP contribution in [0.15, 0.2) is 0 Å². The molecule has 12 nitrogen and oxygen atoms in total. The number of likely N-dealkylation sites (tertiary alicyclic amines) is 3. The zero-order chi connectivity index (χ0) is 42.1. The highest BCUT2D eigenvalue weighted by molar-refractivity contribution is 5.69. The number of amides is 3. The van der Waals surface area contributed by atoms with Gasteiger partial charge in [-0.25, -0.2) is 14.4 Å². The average Bonchev–Trinajstić information content (AvgIpc) is 4.05. The Morgan fingerprint density at radius 2 is 0.632 bits per heavy atom. The van der Waals surface area contributed by atoms with Gasteiger partial charge in [-0.15, -0.1) is 0 Å². The van der Waals surface area contributed by atoms with E-state index in [1.54, 1.807) is 0 Å². The summed E-state index contributed by atoms with van der Waals surface area (Å²) < 4.78 is 16.2. The van der Waals surface area contributed by atoms with Gasteiger partial charge in [0.15, 0.2) is 0 Å². The summed E-state index contributed by atoms with van der Waals surface area (Å²) in [6, 6.07) is 0. The van der Waals surface area contributed by atoms with Gasteiger partial charge in [0.2, 0.25) is 0 Å². The SMILES string of the molecule is CC(C)(C)OC(=O)N1CCC(CC2CC2CO)CC1.CC(C)(C)OC(=O)N1CCC(C[C@@H]2C[C@H]2CO)CC1.CC(C)(C)OC(=O)N1CCC(C[C@H]2C[C@@H]2CO)CC1. The molecule has 3 heterocycles. The van der Waals surface area contributed by atoms with Crippen molar-refractivity contribution < 1.29 is 43.9 Å². The molecule has 6 aliphatic rings. The molecule has 57 heavy (non-hydrogen) atoms. The number of carbonyl (C=O) groups is 3. The van der Waals surface area contributed by atoms with E-state index >= 15 is 0 Å². The molecule has 2 unspecified atom stereocenters. The van der Waals surface area contributed by atoms with Crippen LogP contribution >= 0.6 is 0 Å². The fraction of sp³-hybridized carbons (Fsp3) is 0.933. The zero-order valence-electron chi connectivity index (χ0n) is 37.2. The number of aliphatic hydroxyl groups is 3. The molecule has 3 saturated heterocycles. The Hall–Kier alpha value is -2.31. The van der Waals surface area contributed by atoms with Gasteiger partial charge in [0.05, 0.1) is 0 Å². The molecule has 0 aromatic carbocycles. The molecule has 3 amide bonds. The molecule has 3 aliphatic heterocycles. The maximum absolute atomic E-state index is 11.9. The Balaban J connectivity index is 0.000000189. The molecule has 0 aromatic rings. The van der Waals surface area contributed by atoms with Gasteiger partial charge in [0, 0.05) is 59.1 Å². The lowest BCUT2D eigenvalue weighted by atomic mass is 9.91. The molecule has 6 fully saturated rings. The van der Waals surface area contributed by atoms with Gasteiger partial charge in [0.25, 0.3) is 0 Å². The first-order valence-electron chi connectivity index (χ1n) is 22.4. The summed E-state index contributed by atoms with van der Waals surface area (Å²) >= 11 is 0. The summed E-state index contributed by atoms with van der Waals surface area (Å²) in [6.07, 6.45) is 13.2. The molecule has 6 atom stereocenters. The third-order valence-electron chi connectivity index (χ3n) is 12.6. The predicted octanol–water partition coefficient (Wildman–Crippen LogP) is 7.96. The standard InChI is InChI=1S/3C15H27NO3/c3*1-15(2,3)19-14(18)16-6-4-11(5-7-16)8-12-9-13(12)10-17/h3*11-13,17H,4-10H2,1-3H3/t2*12-,13+;/m10./s1. The minimum Gasteiger partial charge on any atom is -0.444 e. The number of rotatable bonds is 9. The number of hydrogen-bond donors (Lipinski definition) is 3. The molecule has 3 saturated carbocycles. The highest BCUT2D eigenvalue weighted by Gasteiger charge is 2.41. The van der Waals surface area contributed by atoms with E-state index in [9.17, 15) is 14.4 Å². The lowest BCUT2D eigenvalue weighted by Gasteiger charge is -2.33. The van der Waals surface area contributed by atoms with Gasteiger partial charge >= 0.3 is 18.3 Å². The number of piperidine rings is 3. The van der Waals surface area contributed by atoms with E-state index in [0.717, 1.165) is 113 Å². The topological polar surface area (TPSA) is 149 Å².